The largest absolute Gasteiger partial charge is 0.414 e. The zero-order chi connectivity index (χ0) is 25.9. The molecule has 0 spiro atoms. The molecule has 3 N–H and O–H groups in total. The van der Waals surface area contributed by atoms with Crippen LogP contribution < -0.4 is 5.32 Å². The Labute approximate surface area is 209 Å². The number of aliphatic hydroxyl groups is 1. The Morgan fingerprint density at radius 1 is 1.09 bits per heavy atom. The van der Waals surface area contributed by atoms with Gasteiger partial charge in [-0.1, -0.05) is 55.4 Å². The zero-order valence-corrected chi connectivity index (χ0v) is 23.8. The fraction of sp³-hybridized carbons (Fsp3) is 0.818. The van der Waals surface area contributed by atoms with Crippen LogP contribution in [0.25, 0.3) is 0 Å². The summed E-state index contributed by atoms with van der Waals surface area (Å²) in [5, 5.41) is 21.7. The molecule has 4 aliphatic heterocycles. The molecule has 4 aliphatic rings. The summed E-state index contributed by atoms with van der Waals surface area (Å²) in [6.45, 7) is 17.4. The molecule has 5 unspecified atom stereocenters. The third-order valence-corrected chi connectivity index (χ3v) is 17.7. The number of hydrogen-bond donors (Lipinski definition) is 3. The third kappa shape index (κ3) is 4.24. The molecule has 11 nitrogen and oxygen atoms in total. The molecule has 2 fully saturated rings. The maximum atomic E-state index is 12.3. The van der Waals surface area contributed by atoms with Crippen molar-refractivity contribution in [3.05, 3.63) is 0 Å². The van der Waals surface area contributed by atoms with E-state index in [-0.39, 0.29) is 40.6 Å². The summed E-state index contributed by atoms with van der Waals surface area (Å²) in [6, 6.07) is -0.865. The monoisotopic (exact) mass is 525 g/mol. The molecule has 4 rings (SSSR count). The zero-order valence-electron chi connectivity index (χ0n) is 21.8. The lowest BCUT2D eigenvalue weighted by Gasteiger charge is -2.51. The molecule has 196 valence electrons. The number of guanidine groups is 1. The molecule has 13 heteroatoms. The van der Waals surface area contributed by atoms with Gasteiger partial charge in [-0.15, -0.1) is 0 Å². The Morgan fingerprint density at radius 2 is 1.69 bits per heavy atom. The fourth-order valence-corrected chi connectivity index (χ4v) is 16.8. The van der Waals surface area contributed by atoms with Gasteiger partial charge in [0.2, 0.25) is 5.96 Å². The maximum absolute atomic E-state index is 12.3. The Balaban J connectivity index is 1.71. The summed E-state index contributed by atoms with van der Waals surface area (Å²) in [5.74, 6) is -0.432. The van der Waals surface area contributed by atoms with Crippen molar-refractivity contribution in [3.8, 4) is 0 Å². The number of amidine groups is 1. The molecular weight excluding hydrogens is 486 g/mol. The number of carbonyl (C=O) groups is 1. The van der Waals surface area contributed by atoms with Gasteiger partial charge in [0.05, 0.1) is 12.9 Å². The van der Waals surface area contributed by atoms with E-state index in [1.54, 1.807) is 4.90 Å². The van der Waals surface area contributed by atoms with Crippen molar-refractivity contribution >= 4 is 41.2 Å². The first-order valence-electron chi connectivity index (χ1n) is 12.5. The highest BCUT2D eigenvalue weighted by Gasteiger charge is 2.62. The highest BCUT2D eigenvalue weighted by atomic mass is 28.5. The van der Waals surface area contributed by atoms with Gasteiger partial charge in [-0.05, 0) is 22.2 Å². The van der Waals surface area contributed by atoms with Gasteiger partial charge in [-0.25, -0.2) is 0 Å². The lowest BCUT2D eigenvalue weighted by molar-refractivity contribution is -0.119. The third-order valence-electron chi connectivity index (χ3n) is 7.48. The lowest BCUT2D eigenvalue weighted by atomic mass is 10.1. The van der Waals surface area contributed by atoms with Crippen LogP contribution in [0.2, 0.25) is 22.2 Å². The van der Waals surface area contributed by atoms with E-state index in [2.05, 4.69) is 70.7 Å². The summed E-state index contributed by atoms with van der Waals surface area (Å²) in [6.07, 6.45) is -1.69. The Bertz CT molecular complexity index is 910. The normalized spacial score (nSPS) is 34.3. The number of aliphatic hydroxyl groups excluding tert-OH is 1. The predicted molar refractivity (Wildman–Crippen MR) is 136 cm³/mol. The van der Waals surface area contributed by atoms with E-state index in [9.17, 15) is 9.90 Å². The second kappa shape index (κ2) is 9.43. The van der Waals surface area contributed by atoms with Gasteiger partial charge in [0.15, 0.2) is 18.1 Å². The topological polar surface area (TPSA) is 138 Å². The maximum Gasteiger partial charge on any atom is 0.335 e. The molecule has 0 bridgehead atoms. The second-order valence-electron chi connectivity index (χ2n) is 11.0. The number of fused-ring (bicyclic) bond motifs is 2. The van der Waals surface area contributed by atoms with E-state index >= 15 is 0 Å². The minimum atomic E-state index is -2.92. The van der Waals surface area contributed by atoms with Gasteiger partial charge in [0, 0.05) is 0 Å². The van der Waals surface area contributed by atoms with Crippen LogP contribution in [0.1, 0.15) is 55.4 Å². The average molecular weight is 526 g/mol. The number of rotatable bonds is 5. The summed E-state index contributed by atoms with van der Waals surface area (Å²) in [4.78, 5) is 22.2. The lowest BCUT2D eigenvalue weighted by Crippen LogP contribution is -2.66. The molecule has 2 saturated heterocycles. The predicted octanol–water partition coefficient (Wildman–Crippen LogP) is 2.20. The van der Waals surface area contributed by atoms with E-state index in [1.165, 1.54) is 6.34 Å². The van der Waals surface area contributed by atoms with Crippen LogP contribution in [-0.4, -0.2) is 88.4 Å². The van der Waals surface area contributed by atoms with Crippen molar-refractivity contribution in [3.63, 3.8) is 0 Å². The van der Waals surface area contributed by atoms with Crippen LogP contribution in [0.4, 0.5) is 0 Å². The van der Waals surface area contributed by atoms with Crippen LogP contribution in [0.15, 0.2) is 9.98 Å². The number of nitrogens with zero attached hydrogens (tertiary/aromatic N) is 3. The molecule has 5 atom stereocenters. The first-order chi connectivity index (χ1) is 16.3. The Hall–Kier alpha value is -1.49. The van der Waals surface area contributed by atoms with Gasteiger partial charge >= 0.3 is 17.1 Å². The quantitative estimate of drug-likeness (QED) is 0.468. The number of nitrogens with one attached hydrogen (secondary N) is 2. The second-order valence-corrected chi connectivity index (χ2v) is 19.8. The number of ether oxygens (including phenoxy) is 1. The van der Waals surface area contributed by atoms with Crippen LogP contribution >= 0.6 is 0 Å². The van der Waals surface area contributed by atoms with Crippen molar-refractivity contribution in [1.82, 2.24) is 10.2 Å². The van der Waals surface area contributed by atoms with Gasteiger partial charge < -0.3 is 22.8 Å². The van der Waals surface area contributed by atoms with Crippen LogP contribution in [0, 0.1) is 5.41 Å². The molecule has 35 heavy (non-hydrogen) atoms. The SMILES string of the molecule is CC(C)[Si]1(C(C)C)OCC2OC(N3C=NC4C(=O)NC(=N)N=C43)C(O)C2O[Si](C(C)C)(C(C)C)O1. The molecule has 0 aliphatic carbocycles. The molecule has 0 radical (unpaired) electrons. The molecule has 0 saturated carbocycles. The van der Waals surface area contributed by atoms with E-state index < -0.39 is 53.6 Å². The van der Waals surface area contributed by atoms with Gasteiger partial charge in [0.1, 0.15) is 18.3 Å². The average Bonchev–Trinajstić information content (AvgIpc) is 3.28. The van der Waals surface area contributed by atoms with Crippen molar-refractivity contribution in [1.29, 1.82) is 5.41 Å². The summed E-state index contributed by atoms with van der Waals surface area (Å²) >= 11 is 0. The standard InChI is InChI=1S/C22H39N5O6Si2/c1-11(2)34(12(3)4)30-9-15-18(32-35(33-34,13(5)6)14(7)8)17(28)21(31-15)27-10-24-16-19(27)25-22(23)26-20(16)29/h10-18,21,28H,9H2,1-8H3,(H2,23,26,29). The summed E-state index contributed by atoms with van der Waals surface area (Å²) in [5.41, 5.74) is 0.624. The highest BCUT2D eigenvalue weighted by Crippen LogP contribution is 2.47. The number of hydrogen-bond acceptors (Lipinski definition) is 9. The van der Waals surface area contributed by atoms with Crippen molar-refractivity contribution in [2.75, 3.05) is 6.61 Å². The molecule has 1 amide bonds. The van der Waals surface area contributed by atoms with Crippen LogP contribution in [-0.2, 0) is 22.5 Å². The van der Waals surface area contributed by atoms with E-state index in [0.29, 0.717) is 0 Å². The van der Waals surface area contributed by atoms with Crippen LogP contribution in [0.3, 0.4) is 0 Å². The van der Waals surface area contributed by atoms with E-state index in [0.717, 1.165) is 0 Å². The van der Waals surface area contributed by atoms with Crippen LogP contribution in [0.5, 0.6) is 0 Å². The van der Waals surface area contributed by atoms with E-state index in [4.69, 9.17) is 23.1 Å². The van der Waals surface area contributed by atoms with Crippen molar-refractivity contribution in [2.45, 2.75) is 108 Å². The molecule has 0 aromatic carbocycles. The van der Waals surface area contributed by atoms with Gasteiger partial charge in [-0.3, -0.25) is 25.4 Å². The number of aliphatic imine (C=N–C) groups is 2. The van der Waals surface area contributed by atoms with Gasteiger partial charge in [-0.2, -0.15) is 4.99 Å². The summed E-state index contributed by atoms with van der Waals surface area (Å²) < 4.78 is 27.2. The minimum Gasteiger partial charge on any atom is -0.414 e. The van der Waals surface area contributed by atoms with Crippen molar-refractivity contribution in [2.24, 2.45) is 9.98 Å². The van der Waals surface area contributed by atoms with Crippen molar-refractivity contribution < 1.29 is 27.6 Å². The summed E-state index contributed by atoms with van der Waals surface area (Å²) in [7, 11) is -5.65. The minimum absolute atomic E-state index is 0.116. The first-order valence-corrected chi connectivity index (χ1v) is 16.4. The first kappa shape index (κ1) is 26.6. The molecule has 0 aromatic heterocycles. The molecule has 4 heterocycles. The molecular formula is C22H39N5O6Si2. The number of amides is 1. The van der Waals surface area contributed by atoms with E-state index in [1.807, 2.05) is 0 Å². The highest BCUT2D eigenvalue weighted by molar-refractivity contribution is 6.84. The molecule has 0 aromatic rings. The Kier molecular flexibility index (Phi) is 7.16. The van der Waals surface area contributed by atoms with Gasteiger partial charge in [0.25, 0.3) is 5.91 Å². The number of carbonyl (C=O) groups excluding carboxylic acids is 1. The Morgan fingerprint density at radius 3 is 2.26 bits per heavy atom. The fourth-order valence-electron chi connectivity index (χ4n) is 5.60. The smallest absolute Gasteiger partial charge is 0.335 e.